The van der Waals surface area contributed by atoms with Crippen molar-refractivity contribution < 1.29 is 14.7 Å². The molecule has 1 atom stereocenters. The topological polar surface area (TPSA) is 69.6 Å². The average Bonchev–Trinajstić information content (AvgIpc) is 2.28. The molecule has 94 valence electrons. The van der Waals surface area contributed by atoms with Crippen LogP contribution >= 0.6 is 0 Å². The number of hydrogen-bond acceptors (Lipinski definition) is 2. The minimum Gasteiger partial charge on any atom is -0.480 e. The minimum absolute atomic E-state index is 0.178. The molecule has 0 fully saturated rings. The molecule has 0 heterocycles. The first-order valence-corrected chi connectivity index (χ1v) is 5.17. The second kappa shape index (κ2) is 8.15. The monoisotopic (exact) mass is 238 g/mol. The van der Waals surface area contributed by atoms with Crippen LogP contribution in [0.4, 0.5) is 4.79 Å². The molecule has 5 nitrogen and oxygen atoms in total. The van der Waals surface area contributed by atoms with Crippen LogP contribution in [0.25, 0.3) is 0 Å². The fourth-order valence-electron chi connectivity index (χ4n) is 1.18. The third-order valence-corrected chi connectivity index (χ3v) is 1.98. The van der Waals surface area contributed by atoms with Gasteiger partial charge in [0.25, 0.3) is 0 Å². The van der Waals surface area contributed by atoms with E-state index >= 15 is 0 Å². The first-order valence-electron chi connectivity index (χ1n) is 5.17. The van der Waals surface area contributed by atoms with Gasteiger partial charge in [-0.25, -0.2) is 9.59 Å². The van der Waals surface area contributed by atoms with Gasteiger partial charge in [-0.15, -0.1) is 19.7 Å². The lowest BCUT2D eigenvalue weighted by Crippen LogP contribution is -2.47. The summed E-state index contributed by atoms with van der Waals surface area (Å²) in [5, 5.41) is 11.3. The molecule has 0 aromatic heterocycles. The molecule has 0 spiro atoms. The van der Waals surface area contributed by atoms with Gasteiger partial charge in [-0.3, -0.25) is 0 Å². The molecule has 0 aliphatic heterocycles. The molecule has 1 unspecified atom stereocenters. The molecule has 17 heavy (non-hydrogen) atoms. The maximum absolute atomic E-state index is 11.7. The summed E-state index contributed by atoms with van der Waals surface area (Å²) in [6, 6.07) is -1.42. The van der Waals surface area contributed by atoms with Crippen molar-refractivity contribution in [3.05, 3.63) is 38.0 Å². The van der Waals surface area contributed by atoms with E-state index in [0.29, 0.717) is 13.1 Å². The van der Waals surface area contributed by atoms with Crippen molar-refractivity contribution in [3.63, 3.8) is 0 Å². The molecule has 0 saturated carbocycles. The van der Waals surface area contributed by atoms with Crippen molar-refractivity contribution in [2.45, 2.75) is 12.5 Å². The summed E-state index contributed by atoms with van der Waals surface area (Å²) in [5.74, 6) is -1.09. The maximum Gasteiger partial charge on any atom is 0.326 e. The van der Waals surface area contributed by atoms with Gasteiger partial charge in [-0.05, 0) is 6.42 Å². The van der Waals surface area contributed by atoms with Gasteiger partial charge in [0.2, 0.25) is 0 Å². The van der Waals surface area contributed by atoms with Gasteiger partial charge >= 0.3 is 12.0 Å². The molecule has 0 radical (unpaired) electrons. The summed E-state index contributed by atoms with van der Waals surface area (Å²) in [4.78, 5) is 24.0. The number of urea groups is 1. The number of carboxylic acids is 1. The number of carbonyl (C=O) groups excluding carboxylic acids is 1. The molecule has 5 heteroatoms. The van der Waals surface area contributed by atoms with E-state index in [4.69, 9.17) is 5.11 Å². The van der Waals surface area contributed by atoms with Gasteiger partial charge in [0.1, 0.15) is 6.04 Å². The summed E-state index contributed by atoms with van der Waals surface area (Å²) < 4.78 is 0. The van der Waals surface area contributed by atoms with E-state index in [2.05, 4.69) is 25.1 Å². The molecule has 2 N–H and O–H groups in total. The van der Waals surface area contributed by atoms with Crippen LogP contribution in [0.3, 0.4) is 0 Å². The van der Waals surface area contributed by atoms with E-state index in [1.807, 2.05) is 0 Å². The number of nitrogens with one attached hydrogen (secondary N) is 1. The highest BCUT2D eigenvalue weighted by molar-refractivity contribution is 5.82. The highest BCUT2D eigenvalue weighted by Gasteiger charge is 2.20. The average molecular weight is 238 g/mol. The fraction of sp³-hybridized carbons (Fsp3) is 0.333. The number of nitrogens with zero attached hydrogens (tertiary/aromatic N) is 1. The van der Waals surface area contributed by atoms with Crippen molar-refractivity contribution in [1.29, 1.82) is 0 Å². The van der Waals surface area contributed by atoms with E-state index in [1.54, 1.807) is 12.2 Å². The fourth-order valence-corrected chi connectivity index (χ4v) is 1.18. The summed E-state index contributed by atoms with van der Waals surface area (Å²) in [5.41, 5.74) is 0. The molecule has 0 aliphatic rings. The van der Waals surface area contributed by atoms with Crippen molar-refractivity contribution >= 4 is 12.0 Å². The van der Waals surface area contributed by atoms with E-state index < -0.39 is 18.0 Å². The summed E-state index contributed by atoms with van der Waals surface area (Å²) >= 11 is 0. The third kappa shape index (κ3) is 5.55. The van der Waals surface area contributed by atoms with Crippen LogP contribution in [0.15, 0.2) is 38.0 Å². The van der Waals surface area contributed by atoms with E-state index in [-0.39, 0.29) is 6.42 Å². The Morgan fingerprint density at radius 2 is 1.71 bits per heavy atom. The summed E-state index contributed by atoms with van der Waals surface area (Å²) in [7, 11) is 0. The van der Waals surface area contributed by atoms with Gasteiger partial charge in [0, 0.05) is 13.1 Å². The Kier molecular flexibility index (Phi) is 7.17. The lowest BCUT2D eigenvalue weighted by molar-refractivity contribution is -0.139. The van der Waals surface area contributed by atoms with E-state index in [0.717, 1.165) is 0 Å². The molecule has 2 amide bonds. The van der Waals surface area contributed by atoms with Gasteiger partial charge in [0.05, 0.1) is 0 Å². The lowest BCUT2D eigenvalue weighted by Gasteiger charge is -2.22. The quantitative estimate of drug-likeness (QED) is 0.628. The third-order valence-electron chi connectivity index (χ3n) is 1.98. The zero-order valence-electron chi connectivity index (χ0n) is 9.76. The molecular formula is C12H18N2O3. The zero-order chi connectivity index (χ0) is 13.3. The normalized spacial score (nSPS) is 11.1. The van der Waals surface area contributed by atoms with E-state index in [9.17, 15) is 9.59 Å². The lowest BCUT2D eigenvalue weighted by atomic mass is 10.2. The standard InChI is InChI=1S/C12H18N2O3/c1-4-7-10(11(15)16)13-12(17)14(8-5-2)9-6-3/h4-6,10H,1-3,7-9H2,(H,13,17)(H,15,16). The number of hydrogen-bond donors (Lipinski definition) is 2. The largest absolute Gasteiger partial charge is 0.480 e. The van der Waals surface area contributed by atoms with Gasteiger partial charge in [0.15, 0.2) is 0 Å². The molecule has 0 aromatic carbocycles. The Labute approximate surface area is 101 Å². The van der Waals surface area contributed by atoms with Crippen molar-refractivity contribution in [2.75, 3.05) is 13.1 Å². The molecule has 0 bridgehead atoms. The first-order chi connectivity index (χ1) is 8.06. The van der Waals surface area contributed by atoms with Gasteiger partial charge < -0.3 is 15.3 Å². The second-order valence-electron chi connectivity index (χ2n) is 3.35. The highest BCUT2D eigenvalue weighted by Crippen LogP contribution is 1.97. The summed E-state index contributed by atoms with van der Waals surface area (Å²) in [6.45, 7) is 11.2. The zero-order valence-corrected chi connectivity index (χ0v) is 9.76. The first kappa shape index (κ1) is 15.0. The van der Waals surface area contributed by atoms with Crippen LogP contribution in [0.1, 0.15) is 6.42 Å². The van der Waals surface area contributed by atoms with Crippen molar-refractivity contribution in [1.82, 2.24) is 10.2 Å². The Bertz CT molecular complexity index is 303. The number of rotatable bonds is 8. The predicted octanol–water partition coefficient (Wildman–Crippen LogP) is 1.40. The maximum atomic E-state index is 11.7. The van der Waals surface area contributed by atoms with Crippen molar-refractivity contribution in [3.8, 4) is 0 Å². The number of carbonyl (C=O) groups is 2. The Morgan fingerprint density at radius 1 is 1.18 bits per heavy atom. The Hall–Kier alpha value is -2.04. The smallest absolute Gasteiger partial charge is 0.326 e. The van der Waals surface area contributed by atoms with Crippen LogP contribution in [-0.2, 0) is 4.79 Å². The molecular weight excluding hydrogens is 220 g/mol. The van der Waals surface area contributed by atoms with E-state index in [1.165, 1.54) is 11.0 Å². The number of amides is 2. The molecule has 0 rings (SSSR count). The van der Waals surface area contributed by atoms with Crippen LogP contribution in [0.5, 0.6) is 0 Å². The Morgan fingerprint density at radius 3 is 2.06 bits per heavy atom. The molecule has 0 aliphatic carbocycles. The minimum atomic E-state index is -1.09. The van der Waals surface area contributed by atoms with Crippen LogP contribution in [0.2, 0.25) is 0 Å². The molecule has 0 aromatic rings. The van der Waals surface area contributed by atoms with Crippen LogP contribution in [0, 0.1) is 0 Å². The second-order valence-corrected chi connectivity index (χ2v) is 3.35. The highest BCUT2D eigenvalue weighted by atomic mass is 16.4. The van der Waals surface area contributed by atoms with Gasteiger partial charge in [-0.1, -0.05) is 18.2 Å². The Balaban J connectivity index is 4.53. The van der Waals surface area contributed by atoms with Gasteiger partial charge in [-0.2, -0.15) is 0 Å². The van der Waals surface area contributed by atoms with Crippen molar-refractivity contribution in [2.24, 2.45) is 0 Å². The number of aliphatic carboxylic acids is 1. The number of carboxylic acid groups (broad SMARTS) is 1. The summed E-state index contributed by atoms with van der Waals surface area (Å²) in [6.07, 6.45) is 4.75. The molecule has 0 saturated heterocycles. The van der Waals surface area contributed by atoms with Crippen LogP contribution in [-0.4, -0.2) is 41.1 Å². The SMILES string of the molecule is C=CCC(NC(=O)N(CC=C)CC=C)C(=O)O. The van der Waals surface area contributed by atoms with Crippen LogP contribution < -0.4 is 5.32 Å². The predicted molar refractivity (Wildman–Crippen MR) is 66.7 cm³/mol.